The third kappa shape index (κ3) is 2.93. The number of nitro groups is 2. The molecule has 66 valence electrons. The molecule has 0 spiro atoms. The first-order chi connectivity index (χ1) is 5.61. The first-order valence-electron chi connectivity index (χ1n) is 2.49. The maximum atomic E-state index is 10.0. The van der Waals surface area contributed by atoms with Crippen molar-refractivity contribution in [2.24, 2.45) is 0 Å². The Bertz CT molecular complexity index is 328. The molecular weight excluding hydrogens is 197 g/mol. The van der Waals surface area contributed by atoms with E-state index in [1.165, 1.54) is 5.43 Å². The first-order valence-corrected chi connectivity index (χ1v) is 2.49. The Labute approximate surface area is 93.3 Å². The summed E-state index contributed by atoms with van der Waals surface area (Å²) in [7, 11) is 0. The van der Waals surface area contributed by atoms with Gasteiger partial charge in [0.15, 0.2) is 10.2 Å². The molecule has 1 aromatic rings. The average molecular weight is 199 g/mol. The summed E-state index contributed by atoms with van der Waals surface area (Å²) in [5.41, 5.74) is 1.45. The van der Waals surface area contributed by atoms with Gasteiger partial charge in [0, 0.05) is 5.16 Å². The quantitative estimate of drug-likeness (QED) is 0.303. The summed E-state index contributed by atoms with van der Waals surface area (Å²) < 4.78 is 3.90. The van der Waals surface area contributed by atoms with Gasteiger partial charge >= 0.3 is 41.2 Å². The van der Waals surface area contributed by atoms with Gasteiger partial charge in [0.2, 0.25) is 0 Å². The van der Waals surface area contributed by atoms with Crippen molar-refractivity contribution in [2.45, 2.75) is 0 Å². The number of rotatable bonds is 3. The van der Waals surface area contributed by atoms with Gasteiger partial charge in [0.1, 0.15) is 0 Å². The minimum atomic E-state index is -1.01. The molecule has 0 atom stereocenters. The molecule has 13 heavy (non-hydrogen) atoms. The molecule has 0 aromatic carbocycles. The van der Waals surface area contributed by atoms with Crippen LogP contribution in [0.1, 0.15) is 1.43 Å². The number of nitrogens with zero attached hydrogens (tertiary/aromatic N) is 4. The zero-order valence-corrected chi connectivity index (χ0v) is 8.33. The van der Waals surface area contributed by atoms with Crippen molar-refractivity contribution in [2.75, 3.05) is 5.43 Å². The van der Waals surface area contributed by atoms with Crippen LogP contribution in [-0.2, 0) is 0 Å². The van der Waals surface area contributed by atoms with E-state index in [1.807, 2.05) is 0 Å². The van der Waals surface area contributed by atoms with Crippen LogP contribution in [0.25, 0.3) is 0 Å². The molecule has 0 radical (unpaired) electrons. The van der Waals surface area contributed by atoms with Crippen molar-refractivity contribution in [3.63, 3.8) is 0 Å². The Kier molecular flexibility index (Phi) is 4.23. The van der Waals surface area contributed by atoms with Gasteiger partial charge in [-0.15, -0.1) is 4.63 Å². The Morgan fingerprint density at radius 1 is 1.38 bits per heavy atom. The third-order valence-corrected chi connectivity index (χ3v) is 0.841. The van der Waals surface area contributed by atoms with E-state index in [4.69, 9.17) is 0 Å². The minimum absolute atomic E-state index is 0. The Balaban J connectivity index is 0. The van der Waals surface area contributed by atoms with Crippen LogP contribution >= 0.6 is 0 Å². The summed E-state index contributed by atoms with van der Waals surface area (Å²) in [5.74, 6) is -1.46. The van der Waals surface area contributed by atoms with Gasteiger partial charge in [-0.2, -0.15) is 0 Å². The van der Waals surface area contributed by atoms with Crippen molar-refractivity contribution >= 4 is 11.6 Å². The second-order valence-electron chi connectivity index (χ2n) is 1.56. The summed E-state index contributed by atoms with van der Waals surface area (Å²) in [5, 5.41) is 24.6. The van der Waals surface area contributed by atoms with Crippen molar-refractivity contribution in [3.8, 4) is 0 Å². The van der Waals surface area contributed by atoms with E-state index in [2.05, 4.69) is 14.9 Å². The standard InChI is InChI=1S/C2HN5O5.Na.H/c8-6(9)2-1(3-7(10)11)4-12-5-2;;/h(H,3,4);;/q;+1;-1. The van der Waals surface area contributed by atoms with Crippen LogP contribution in [0.3, 0.4) is 0 Å². The number of anilines is 1. The molecule has 0 bridgehead atoms. The molecule has 0 aliphatic heterocycles. The van der Waals surface area contributed by atoms with Crippen LogP contribution in [0.4, 0.5) is 11.6 Å². The SMILES string of the molecule is O=[N+]([O-])Nc1nonc1[N+](=O)[O-].[H-].[Na+]. The normalized spacial score (nSPS) is 8.62. The van der Waals surface area contributed by atoms with Crippen LogP contribution in [0.2, 0.25) is 0 Å². The molecule has 0 saturated carbocycles. The zero-order valence-electron chi connectivity index (χ0n) is 7.33. The predicted molar refractivity (Wildman–Crippen MR) is 32.7 cm³/mol. The predicted octanol–water partition coefficient (Wildman–Crippen LogP) is -3.30. The Morgan fingerprint density at radius 2 is 2.00 bits per heavy atom. The largest absolute Gasteiger partial charge is 1.00 e. The molecular formula is C2H2N5NaO5. The van der Waals surface area contributed by atoms with Crippen molar-refractivity contribution in [1.29, 1.82) is 0 Å². The maximum Gasteiger partial charge on any atom is 1.00 e. The van der Waals surface area contributed by atoms with Crippen molar-refractivity contribution in [1.82, 2.24) is 10.3 Å². The van der Waals surface area contributed by atoms with Crippen molar-refractivity contribution < 1.29 is 45.6 Å². The Morgan fingerprint density at radius 3 is 2.46 bits per heavy atom. The second kappa shape index (κ2) is 4.69. The van der Waals surface area contributed by atoms with E-state index in [-0.39, 0.29) is 31.0 Å². The number of hydrogen-bond donors (Lipinski definition) is 1. The molecule has 0 unspecified atom stereocenters. The number of nitrogens with one attached hydrogen (secondary N) is 1. The first kappa shape index (κ1) is 11.7. The topological polar surface area (TPSA) is 137 Å². The van der Waals surface area contributed by atoms with E-state index in [0.717, 1.165) is 0 Å². The van der Waals surface area contributed by atoms with Crippen LogP contribution in [0.5, 0.6) is 0 Å². The van der Waals surface area contributed by atoms with E-state index >= 15 is 0 Å². The average Bonchev–Trinajstić information content (AvgIpc) is 2.33. The molecule has 0 aliphatic carbocycles. The minimum Gasteiger partial charge on any atom is -1.00 e. The summed E-state index contributed by atoms with van der Waals surface area (Å²) in [6.07, 6.45) is 0. The molecule has 1 N–H and O–H groups in total. The molecule has 1 aromatic heterocycles. The Hall–Kier alpha value is -1.26. The van der Waals surface area contributed by atoms with E-state index in [0.29, 0.717) is 0 Å². The fourth-order valence-electron chi connectivity index (χ4n) is 0.461. The zero-order chi connectivity index (χ0) is 9.14. The molecule has 10 nitrogen and oxygen atoms in total. The van der Waals surface area contributed by atoms with Crippen LogP contribution in [0, 0.1) is 20.2 Å². The summed E-state index contributed by atoms with van der Waals surface area (Å²) in [6, 6.07) is 0. The number of hydrogen-bond acceptors (Lipinski definition) is 7. The van der Waals surface area contributed by atoms with E-state index in [1.54, 1.807) is 0 Å². The van der Waals surface area contributed by atoms with Gasteiger partial charge < -0.3 is 11.5 Å². The summed E-state index contributed by atoms with van der Waals surface area (Å²) >= 11 is 0. The van der Waals surface area contributed by atoms with E-state index < -0.39 is 21.6 Å². The van der Waals surface area contributed by atoms with Gasteiger partial charge in [0.25, 0.3) is 0 Å². The molecule has 1 heterocycles. The molecule has 0 aliphatic rings. The van der Waals surface area contributed by atoms with Crippen LogP contribution in [-0.4, -0.2) is 20.3 Å². The molecule has 1 rings (SSSR count). The van der Waals surface area contributed by atoms with Crippen molar-refractivity contribution in [3.05, 3.63) is 20.2 Å². The number of hydrazine groups is 1. The molecule has 11 heteroatoms. The fourth-order valence-corrected chi connectivity index (χ4v) is 0.461. The van der Waals surface area contributed by atoms with Gasteiger partial charge in [-0.25, -0.2) is 10.1 Å². The van der Waals surface area contributed by atoms with Crippen LogP contribution < -0.4 is 35.0 Å². The van der Waals surface area contributed by atoms with Gasteiger partial charge in [-0.1, -0.05) is 5.43 Å². The third-order valence-electron chi connectivity index (χ3n) is 0.841. The molecule has 0 amide bonds. The van der Waals surface area contributed by atoms with Crippen LogP contribution in [0.15, 0.2) is 4.63 Å². The smallest absolute Gasteiger partial charge is 1.00 e. The molecule has 0 fully saturated rings. The maximum absolute atomic E-state index is 10.0. The van der Waals surface area contributed by atoms with Gasteiger partial charge in [-0.3, -0.25) is 0 Å². The summed E-state index contributed by atoms with van der Waals surface area (Å²) in [6.45, 7) is 0. The number of aromatic nitrogens is 2. The summed E-state index contributed by atoms with van der Waals surface area (Å²) in [4.78, 5) is 18.9. The van der Waals surface area contributed by atoms with Gasteiger partial charge in [0.05, 0.1) is 0 Å². The second-order valence-corrected chi connectivity index (χ2v) is 1.56. The molecule has 0 saturated heterocycles. The van der Waals surface area contributed by atoms with E-state index in [9.17, 15) is 20.2 Å². The monoisotopic (exact) mass is 199 g/mol. The fraction of sp³-hybridized carbons (Fsp3) is 0. The van der Waals surface area contributed by atoms with Gasteiger partial charge in [-0.05, 0) is 4.92 Å².